The molecule has 1 aliphatic heterocycles. The molecule has 1 fully saturated rings. The summed E-state index contributed by atoms with van der Waals surface area (Å²) in [7, 11) is 0. The Kier molecular flexibility index (Phi) is 8.17. The molecule has 0 bridgehead atoms. The normalized spacial score (nSPS) is 15.0. The van der Waals surface area contributed by atoms with E-state index in [0.29, 0.717) is 18.7 Å². The van der Waals surface area contributed by atoms with Crippen LogP contribution in [0.25, 0.3) is 0 Å². The van der Waals surface area contributed by atoms with Crippen LogP contribution >= 0.6 is 11.8 Å². The smallest absolute Gasteiger partial charge is 0.269 e. The van der Waals surface area contributed by atoms with Gasteiger partial charge < -0.3 is 5.32 Å². The number of hydrogen-bond donors (Lipinski definition) is 1. The summed E-state index contributed by atoms with van der Waals surface area (Å²) in [6.45, 7) is 1.44. The number of nitro groups is 1. The first kappa shape index (κ1) is 22.5. The van der Waals surface area contributed by atoms with Crippen molar-refractivity contribution < 1.29 is 14.5 Å². The fraction of sp³-hybridized carbons (Fsp3) is 0.318. The van der Waals surface area contributed by atoms with Crippen molar-refractivity contribution in [2.24, 2.45) is 4.99 Å². The van der Waals surface area contributed by atoms with Gasteiger partial charge in [-0.05, 0) is 30.5 Å². The van der Waals surface area contributed by atoms with Crippen LogP contribution in [-0.4, -0.2) is 52.2 Å². The second-order valence-electron chi connectivity index (χ2n) is 6.96. The fourth-order valence-corrected chi connectivity index (χ4v) is 4.09. The van der Waals surface area contributed by atoms with Crippen LogP contribution in [0.15, 0.2) is 59.6 Å². The number of carbonyl (C=O) groups is 2. The number of nitro benzene ring substituents is 1. The molecule has 2 aromatic rings. The van der Waals surface area contributed by atoms with E-state index in [9.17, 15) is 19.7 Å². The van der Waals surface area contributed by atoms with E-state index in [-0.39, 0.29) is 30.5 Å². The Bertz CT molecular complexity index is 948. The standard InChI is InChI=1S/C22H24N4O4S/c27-20(12-14-23-21(28)18-7-9-19(10-8-18)26(29)30)25-15-4-16-31-22(25)24-13-11-17-5-2-1-3-6-17/h1-3,5-10H,4,11-16H2,(H,23,28). The zero-order chi connectivity index (χ0) is 22.1. The quantitative estimate of drug-likeness (QED) is 0.501. The molecule has 0 radical (unpaired) electrons. The van der Waals surface area contributed by atoms with Gasteiger partial charge in [-0.2, -0.15) is 0 Å². The monoisotopic (exact) mass is 440 g/mol. The molecule has 1 N–H and O–H groups in total. The van der Waals surface area contributed by atoms with Crippen molar-refractivity contribution in [1.82, 2.24) is 10.2 Å². The van der Waals surface area contributed by atoms with Crippen molar-refractivity contribution in [2.75, 3.05) is 25.4 Å². The molecule has 1 saturated heterocycles. The number of non-ortho nitro benzene ring substituents is 1. The Morgan fingerprint density at radius 2 is 1.87 bits per heavy atom. The van der Waals surface area contributed by atoms with Gasteiger partial charge in [0.05, 0.1) is 4.92 Å². The van der Waals surface area contributed by atoms with Crippen LogP contribution in [0.2, 0.25) is 0 Å². The lowest BCUT2D eigenvalue weighted by molar-refractivity contribution is -0.384. The first-order valence-corrected chi connectivity index (χ1v) is 11.1. The van der Waals surface area contributed by atoms with E-state index in [1.807, 2.05) is 18.2 Å². The maximum absolute atomic E-state index is 12.7. The lowest BCUT2D eigenvalue weighted by Gasteiger charge is -2.28. The Labute approximate surface area is 184 Å². The highest BCUT2D eigenvalue weighted by Crippen LogP contribution is 2.19. The molecule has 162 valence electrons. The third kappa shape index (κ3) is 6.65. The highest BCUT2D eigenvalue weighted by molar-refractivity contribution is 8.13. The molecule has 0 atom stereocenters. The van der Waals surface area contributed by atoms with Gasteiger partial charge in [0.1, 0.15) is 0 Å². The van der Waals surface area contributed by atoms with Gasteiger partial charge in [0, 0.05) is 49.5 Å². The minimum absolute atomic E-state index is 0.0744. The lowest BCUT2D eigenvalue weighted by Crippen LogP contribution is -2.41. The molecule has 2 amide bonds. The predicted molar refractivity (Wildman–Crippen MR) is 121 cm³/mol. The first-order valence-electron chi connectivity index (χ1n) is 10.1. The van der Waals surface area contributed by atoms with Gasteiger partial charge >= 0.3 is 0 Å². The van der Waals surface area contributed by atoms with Crippen LogP contribution in [0.1, 0.15) is 28.8 Å². The maximum atomic E-state index is 12.7. The predicted octanol–water partition coefficient (Wildman–Crippen LogP) is 3.28. The van der Waals surface area contributed by atoms with Crippen molar-refractivity contribution >= 4 is 34.4 Å². The molecule has 0 saturated carbocycles. The van der Waals surface area contributed by atoms with E-state index in [1.54, 1.807) is 16.7 Å². The lowest BCUT2D eigenvalue weighted by atomic mass is 10.2. The van der Waals surface area contributed by atoms with Crippen molar-refractivity contribution in [3.05, 3.63) is 75.8 Å². The summed E-state index contributed by atoms with van der Waals surface area (Å²) in [6, 6.07) is 15.5. The van der Waals surface area contributed by atoms with Gasteiger partial charge in [0.2, 0.25) is 5.91 Å². The molecule has 0 aromatic heterocycles. The van der Waals surface area contributed by atoms with E-state index >= 15 is 0 Å². The Morgan fingerprint density at radius 3 is 2.58 bits per heavy atom. The van der Waals surface area contributed by atoms with Gasteiger partial charge in [-0.15, -0.1) is 0 Å². The Hall–Kier alpha value is -3.20. The molecule has 31 heavy (non-hydrogen) atoms. The number of benzene rings is 2. The summed E-state index contributed by atoms with van der Waals surface area (Å²) in [4.78, 5) is 41.4. The van der Waals surface area contributed by atoms with Crippen LogP contribution in [0, 0.1) is 10.1 Å². The van der Waals surface area contributed by atoms with Crippen LogP contribution < -0.4 is 5.32 Å². The van der Waals surface area contributed by atoms with Crippen molar-refractivity contribution in [3.63, 3.8) is 0 Å². The van der Waals surface area contributed by atoms with Gasteiger partial charge in [0.25, 0.3) is 11.6 Å². The average Bonchev–Trinajstić information content (AvgIpc) is 2.80. The van der Waals surface area contributed by atoms with Gasteiger partial charge in [-0.3, -0.25) is 29.6 Å². The first-order chi connectivity index (χ1) is 15.0. The molecule has 0 spiro atoms. The van der Waals surface area contributed by atoms with Crippen molar-refractivity contribution in [1.29, 1.82) is 0 Å². The summed E-state index contributed by atoms with van der Waals surface area (Å²) in [5.41, 5.74) is 1.45. The number of thioether (sulfide) groups is 1. The number of amidine groups is 1. The van der Waals surface area contributed by atoms with Gasteiger partial charge in [-0.1, -0.05) is 42.1 Å². The number of nitrogens with one attached hydrogen (secondary N) is 1. The molecule has 3 rings (SSSR count). The van der Waals surface area contributed by atoms with E-state index in [2.05, 4.69) is 22.4 Å². The second kappa shape index (κ2) is 11.3. The van der Waals surface area contributed by atoms with Crippen molar-refractivity contribution in [2.45, 2.75) is 19.3 Å². The van der Waals surface area contributed by atoms with Crippen LogP contribution in [-0.2, 0) is 11.2 Å². The third-order valence-electron chi connectivity index (χ3n) is 4.74. The van der Waals surface area contributed by atoms with E-state index < -0.39 is 4.92 Å². The van der Waals surface area contributed by atoms with E-state index in [4.69, 9.17) is 0 Å². The molecule has 2 aromatic carbocycles. The molecular formula is C22H24N4O4S. The topological polar surface area (TPSA) is 105 Å². The second-order valence-corrected chi connectivity index (χ2v) is 8.02. The molecule has 1 heterocycles. The third-order valence-corrected chi connectivity index (χ3v) is 5.84. The average molecular weight is 441 g/mol. The summed E-state index contributed by atoms with van der Waals surface area (Å²) in [5.74, 6) is 0.493. The highest BCUT2D eigenvalue weighted by atomic mass is 32.2. The van der Waals surface area contributed by atoms with Crippen molar-refractivity contribution in [3.8, 4) is 0 Å². The zero-order valence-electron chi connectivity index (χ0n) is 17.0. The Balaban J connectivity index is 1.49. The van der Waals surface area contributed by atoms with E-state index in [0.717, 1.165) is 23.8 Å². The minimum atomic E-state index is -0.518. The summed E-state index contributed by atoms with van der Waals surface area (Å²) < 4.78 is 0. The van der Waals surface area contributed by atoms with Crippen LogP contribution in [0.4, 0.5) is 5.69 Å². The molecule has 9 heteroatoms. The fourth-order valence-electron chi connectivity index (χ4n) is 3.10. The van der Waals surface area contributed by atoms with Gasteiger partial charge in [0.15, 0.2) is 5.17 Å². The number of hydrogen-bond acceptors (Lipinski definition) is 6. The number of carbonyl (C=O) groups excluding carboxylic acids is 2. The SMILES string of the molecule is O=C(NCCC(=O)N1CCCSC1=NCCc1ccccc1)c1ccc([N+](=O)[O-])cc1. The highest BCUT2D eigenvalue weighted by Gasteiger charge is 2.23. The number of aliphatic imine (C=N–C) groups is 1. The largest absolute Gasteiger partial charge is 0.352 e. The molecule has 1 aliphatic rings. The van der Waals surface area contributed by atoms with E-state index in [1.165, 1.54) is 29.8 Å². The summed E-state index contributed by atoms with van der Waals surface area (Å²) in [5, 5.41) is 14.1. The molecule has 0 aliphatic carbocycles. The number of amides is 2. The van der Waals surface area contributed by atoms with Crippen LogP contribution in [0.3, 0.4) is 0 Å². The van der Waals surface area contributed by atoms with Gasteiger partial charge in [-0.25, -0.2) is 0 Å². The Morgan fingerprint density at radius 1 is 1.13 bits per heavy atom. The number of rotatable bonds is 8. The zero-order valence-corrected chi connectivity index (χ0v) is 17.8. The van der Waals surface area contributed by atoms with Crippen LogP contribution in [0.5, 0.6) is 0 Å². The number of nitrogens with zero attached hydrogens (tertiary/aromatic N) is 3. The minimum Gasteiger partial charge on any atom is -0.352 e. The molecule has 0 unspecified atom stereocenters. The maximum Gasteiger partial charge on any atom is 0.269 e. The molecular weight excluding hydrogens is 416 g/mol. The molecule has 8 nitrogen and oxygen atoms in total. The summed E-state index contributed by atoms with van der Waals surface area (Å²) >= 11 is 1.59. The summed E-state index contributed by atoms with van der Waals surface area (Å²) in [6.07, 6.45) is 1.89.